The van der Waals surface area contributed by atoms with E-state index >= 15 is 0 Å². The number of nitro benzene ring substituents is 1. The SMILES string of the molecule is O=CNc1c(Cl)cc(C(F)(F)F)cc1[N+](=O)[O-]. The second kappa shape index (κ2) is 4.58. The number of anilines is 1. The van der Waals surface area contributed by atoms with E-state index in [2.05, 4.69) is 0 Å². The van der Waals surface area contributed by atoms with Gasteiger partial charge in [-0.15, -0.1) is 0 Å². The maximum absolute atomic E-state index is 12.4. The van der Waals surface area contributed by atoms with Crippen LogP contribution in [0.5, 0.6) is 0 Å². The monoisotopic (exact) mass is 268 g/mol. The molecule has 1 amide bonds. The van der Waals surface area contributed by atoms with E-state index in [9.17, 15) is 28.1 Å². The van der Waals surface area contributed by atoms with E-state index in [-0.39, 0.29) is 6.41 Å². The van der Waals surface area contributed by atoms with E-state index in [1.54, 1.807) is 0 Å². The number of carbonyl (C=O) groups is 1. The van der Waals surface area contributed by atoms with Gasteiger partial charge in [0.1, 0.15) is 5.69 Å². The van der Waals surface area contributed by atoms with Crippen LogP contribution in [0.1, 0.15) is 5.56 Å². The van der Waals surface area contributed by atoms with Crippen LogP contribution in [0.2, 0.25) is 5.02 Å². The molecule has 0 saturated heterocycles. The van der Waals surface area contributed by atoms with Crippen LogP contribution in [0.3, 0.4) is 0 Å². The molecule has 1 aromatic carbocycles. The van der Waals surface area contributed by atoms with Crippen molar-refractivity contribution in [1.29, 1.82) is 0 Å². The summed E-state index contributed by atoms with van der Waals surface area (Å²) in [4.78, 5) is 19.7. The van der Waals surface area contributed by atoms with Crippen LogP contribution in [0.25, 0.3) is 0 Å². The Labute approximate surface area is 97.3 Å². The summed E-state index contributed by atoms with van der Waals surface area (Å²) < 4.78 is 37.1. The molecule has 0 atom stereocenters. The molecule has 0 saturated carbocycles. The summed E-state index contributed by atoms with van der Waals surface area (Å²) in [6.45, 7) is 0. The largest absolute Gasteiger partial charge is 0.416 e. The third-order valence-electron chi connectivity index (χ3n) is 1.80. The van der Waals surface area contributed by atoms with E-state index in [0.717, 1.165) is 0 Å². The Morgan fingerprint density at radius 3 is 2.41 bits per heavy atom. The average molecular weight is 269 g/mol. The Hall–Kier alpha value is -1.83. The van der Waals surface area contributed by atoms with Gasteiger partial charge in [-0.2, -0.15) is 13.2 Å². The van der Waals surface area contributed by atoms with Crippen molar-refractivity contribution >= 4 is 29.4 Å². The first-order chi connectivity index (χ1) is 7.77. The summed E-state index contributed by atoms with van der Waals surface area (Å²) in [5.74, 6) is 0. The zero-order chi connectivity index (χ0) is 13.2. The summed E-state index contributed by atoms with van der Waals surface area (Å²) in [5, 5.41) is 11.9. The molecule has 5 nitrogen and oxygen atoms in total. The van der Waals surface area contributed by atoms with Crippen molar-refractivity contribution in [3.05, 3.63) is 32.8 Å². The van der Waals surface area contributed by atoms with Crippen LogP contribution >= 0.6 is 11.6 Å². The Morgan fingerprint density at radius 2 is 2.00 bits per heavy atom. The minimum Gasteiger partial charge on any atom is -0.322 e. The maximum atomic E-state index is 12.4. The number of nitrogens with one attached hydrogen (secondary N) is 1. The number of hydrogen-bond acceptors (Lipinski definition) is 3. The molecule has 0 radical (unpaired) electrons. The van der Waals surface area contributed by atoms with Gasteiger partial charge < -0.3 is 5.32 Å². The van der Waals surface area contributed by atoms with Crippen molar-refractivity contribution < 1.29 is 22.9 Å². The Kier molecular flexibility index (Phi) is 3.56. The molecular formula is C8H4ClF3N2O3. The van der Waals surface area contributed by atoms with Gasteiger partial charge in [-0.05, 0) is 6.07 Å². The normalized spacial score (nSPS) is 11.1. The van der Waals surface area contributed by atoms with Crippen LogP contribution in [0.4, 0.5) is 24.5 Å². The number of nitrogens with zero attached hydrogens (tertiary/aromatic N) is 1. The highest BCUT2D eigenvalue weighted by molar-refractivity contribution is 6.34. The first-order valence-electron chi connectivity index (χ1n) is 4.02. The lowest BCUT2D eigenvalue weighted by Crippen LogP contribution is -2.08. The molecule has 92 valence electrons. The highest BCUT2D eigenvalue weighted by Gasteiger charge is 2.34. The Bertz CT molecular complexity index is 476. The summed E-state index contributed by atoms with van der Waals surface area (Å²) in [6.07, 6.45) is -4.67. The lowest BCUT2D eigenvalue weighted by molar-refractivity contribution is -0.384. The van der Waals surface area contributed by atoms with Gasteiger partial charge in [0.25, 0.3) is 5.69 Å². The molecule has 9 heteroatoms. The average Bonchev–Trinajstić information content (AvgIpc) is 2.18. The fraction of sp³-hybridized carbons (Fsp3) is 0.125. The molecule has 0 unspecified atom stereocenters. The zero-order valence-corrected chi connectivity index (χ0v) is 8.67. The number of hydrogen-bond donors (Lipinski definition) is 1. The van der Waals surface area contributed by atoms with Crippen LogP contribution in [-0.2, 0) is 11.0 Å². The highest BCUT2D eigenvalue weighted by atomic mass is 35.5. The third kappa shape index (κ3) is 2.84. The van der Waals surface area contributed by atoms with Crippen LogP contribution in [-0.4, -0.2) is 11.3 Å². The minimum absolute atomic E-state index is 0.0848. The molecule has 0 spiro atoms. The molecule has 0 fully saturated rings. The highest BCUT2D eigenvalue weighted by Crippen LogP contribution is 2.39. The molecule has 0 heterocycles. The Morgan fingerprint density at radius 1 is 1.41 bits per heavy atom. The van der Waals surface area contributed by atoms with Gasteiger partial charge in [0, 0.05) is 6.07 Å². The topological polar surface area (TPSA) is 72.2 Å². The second-order valence-electron chi connectivity index (χ2n) is 2.87. The summed E-state index contributed by atoms with van der Waals surface area (Å²) in [6, 6.07) is 0.804. The molecular weight excluding hydrogens is 265 g/mol. The number of nitro groups is 1. The van der Waals surface area contributed by atoms with E-state index in [4.69, 9.17) is 11.6 Å². The molecule has 1 N–H and O–H groups in total. The number of carbonyl (C=O) groups excluding carboxylic acids is 1. The fourth-order valence-electron chi connectivity index (χ4n) is 1.10. The number of benzene rings is 1. The van der Waals surface area contributed by atoms with E-state index < -0.39 is 33.1 Å². The van der Waals surface area contributed by atoms with E-state index in [0.29, 0.717) is 12.1 Å². The Balaban J connectivity index is 3.46. The van der Waals surface area contributed by atoms with Gasteiger partial charge in [0.15, 0.2) is 0 Å². The number of amides is 1. The van der Waals surface area contributed by atoms with Crippen molar-refractivity contribution in [2.24, 2.45) is 0 Å². The molecule has 0 aromatic heterocycles. The number of rotatable bonds is 3. The fourth-order valence-corrected chi connectivity index (χ4v) is 1.37. The summed E-state index contributed by atoms with van der Waals surface area (Å²) in [7, 11) is 0. The summed E-state index contributed by atoms with van der Waals surface area (Å²) in [5.41, 5.74) is -2.65. The lowest BCUT2D eigenvalue weighted by atomic mass is 10.1. The molecule has 0 aliphatic heterocycles. The van der Waals surface area contributed by atoms with Gasteiger partial charge in [-0.1, -0.05) is 11.6 Å². The van der Waals surface area contributed by atoms with Crippen molar-refractivity contribution in [2.45, 2.75) is 6.18 Å². The molecule has 1 rings (SSSR count). The molecule has 17 heavy (non-hydrogen) atoms. The standard InChI is InChI=1S/C8H4ClF3N2O3/c9-5-1-4(8(10,11)12)2-6(14(16)17)7(5)13-3-15/h1-3H,(H,13,15). The van der Waals surface area contributed by atoms with Gasteiger partial charge in [-0.25, -0.2) is 0 Å². The third-order valence-corrected chi connectivity index (χ3v) is 2.09. The van der Waals surface area contributed by atoms with Crippen LogP contribution in [0.15, 0.2) is 12.1 Å². The van der Waals surface area contributed by atoms with Gasteiger partial charge in [-0.3, -0.25) is 14.9 Å². The predicted octanol–water partition coefficient (Wildman–Crippen LogP) is 2.84. The lowest BCUT2D eigenvalue weighted by Gasteiger charge is -2.09. The first-order valence-corrected chi connectivity index (χ1v) is 4.40. The quantitative estimate of drug-likeness (QED) is 0.520. The maximum Gasteiger partial charge on any atom is 0.416 e. The first kappa shape index (κ1) is 13.2. The molecule has 1 aromatic rings. The molecule has 0 bridgehead atoms. The minimum atomic E-state index is -4.76. The van der Waals surface area contributed by atoms with Crippen LogP contribution in [0, 0.1) is 10.1 Å². The van der Waals surface area contributed by atoms with Gasteiger partial charge >= 0.3 is 6.18 Å². The van der Waals surface area contributed by atoms with Crippen molar-refractivity contribution in [3.8, 4) is 0 Å². The van der Waals surface area contributed by atoms with Crippen molar-refractivity contribution in [2.75, 3.05) is 5.32 Å². The summed E-state index contributed by atoms with van der Waals surface area (Å²) >= 11 is 5.44. The van der Waals surface area contributed by atoms with E-state index in [1.165, 1.54) is 0 Å². The number of halogens is 4. The van der Waals surface area contributed by atoms with Crippen molar-refractivity contribution in [1.82, 2.24) is 0 Å². The van der Waals surface area contributed by atoms with Gasteiger partial charge in [0.2, 0.25) is 6.41 Å². The zero-order valence-electron chi connectivity index (χ0n) is 7.92. The smallest absolute Gasteiger partial charge is 0.322 e. The second-order valence-corrected chi connectivity index (χ2v) is 3.28. The predicted molar refractivity (Wildman–Crippen MR) is 52.8 cm³/mol. The van der Waals surface area contributed by atoms with Crippen molar-refractivity contribution in [3.63, 3.8) is 0 Å². The molecule has 0 aliphatic carbocycles. The number of alkyl halides is 3. The van der Waals surface area contributed by atoms with Crippen LogP contribution < -0.4 is 5.32 Å². The molecule has 0 aliphatic rings. The van der Waals surface area contributed by atoms with E-state index in [1.807, 2.05) is 5.32 Å². The van der Waals surface area contributed by atoms with Gasteiger partial charge in [0.05, 0.1) is 15.5 Å².